The third kappa shape index (κ3) is 6.10. The number of nitrogens with one attached hydrogen (secondary N) is 1. The summed E-state index contributed by atoms with van der Waals surface area (Å²) in [4.78, 5) is 4.14. The first-order chi connectivity index (χ1) is 14.2. The zero-order chi connectivity index (χ0) is 20.5. The average molecular weight is 478 g/mol. The highest BCUT2D eigenvalue weighted by molar-refractivity contribution is 9.10. The molecule has 1 heterocycles. The lowest BCUT2D eigenvalue weighted by atomic mass is 10.1. The van der Waals surface area contributed by atoms with E-state index in [9.17, 15) is 0 Å². The Bertz CT molecular complexity index is 925. The molecule has 2 aromatic carbocycles. The third-order valence-electron chi connectivity index (χ3n) is 4.19. The summed E-state index contributed by atoms with van der Waals surface area (Å²) in [5.74, 6) is 1.96. The number of nitrogens with zero attached hydrogens (tertiary/aromatic N) is 1. The molecule has 29 heavy (non-hydrogen) atoms. The molecule has 0 saturated heterocycles. The minimum absolute atomic E-state index is 0.349. The second kappa shape index (κ2) is 11.0. The normalized spacial score (nSPS) is 10.6. The van der Waals surface area contributed by atoms with Crippen LogP contribution in [0.2, 0.25) is 5.02 Å². The molecule has 3 aromatic rings. The van der Waals surface area contributed by atoms with Crippen LogP contribution in [0.15, 0.2) is 65.3 Å². The van der Waals surface area contributed by atoms with E-state index in [1.165, 1.54) is 0 Å². The van der Waals surface area contributed by atoms with Crippen LogP contribution in [-0.2, 0) is 13.2 Å². The van der Waals surface area contributed by atoms with Crippen LogP contribution in [0.25, 0.3) is 0 Å². The largest absolute Gasteiger partial charge is 0.493 e. The van der Waals surface area contributed by atoms with Crippen molar-refractivity contribution in [1.82, 2.24) is 10.3 Å². The number of hydrogen-bond donors (Lipinski definition) is 1. The molecule has 0 spiro atoms. The number of halogens is 2. The maximum absolute atomic E-state index is 6.25. The van der Waals surface area contributed by atoms with Gasteiger partial charge in [0, 0.05) is 46.0 Å². The van der Waals surface area contributed by atoms with Crippen molar-refractivity contribution >= 4 is 27.5 Å². The van der Waals surface area contributed by atoms with Gasteiger partial charge in [0.1, 0.15) is 13.2 Å². The quantitative estimate of drug-likeness (QED) is 0.404. The van der Waals surface area contributed by atoms with Gasteiger partial charge in [0.05, 0.1) is 7.11 Å². The Morgan fingerprint density at radius 1 is 1.03 bits per heavy atom. The zero-order valence-corrected chi connectivity index (χ0v) is 18.4. The molecule has 0 atom stereocenters. The summed E-state index contributed by atoms with van der Waals surface area (Å²) in [5.41, 5.74) is 1.88. The van der Waals surface area contributed by atoms with E-state index in [1.807, 2.05) is 54.6 Å². The molecule has 0 saturated carbocycles. The van der Waals surface area contributed by atoms with Crippen molar-refractivity contribution in [2.75, 3.05) is 20.3 Å². The molecule has 3 rings (SSSR count). The summed E-state index contributed by atoms with van der Waals surface area (Å²) in [6.07, 6.45) is 1.71. The van der Waals surface area contributed by atoms with E-state index in [1.54, 1.807) is 13.3 Å². The van der Waals surface area contributed by atoms with Gasteiger partial charge in [-0.15, -0.1) is 0 Å². The lowest BCUT2D eigenvalue weighted by Crippen LogP contribution is -2.21. The van der Waals surface area contributed by atoms with Crippen LogP contribution in [0.3, 0.4) is 0 Å². The maximum atomic E-state index is 6.25. The molecule has 0 bridgehead atoms. The Balaban J connectivity index is 1.63. The summed E-state index contributed by atoms with van der Waals surface area (Å²) >= 11 is 9.87. The molecule has 0 fully saturated rings. The van der Waals surface area contributed by atoms with E-state index < -0.39 is 0 Å². The van der Waals surface area contributed by atoms with Gasteiger partial charge in [-0.2, -0.15) is 0 Å². The Morgan fingerprint density at radius 2 is 1.86 bits per heavy atom. The van der Waals surface area contributed by atoms with E-state index in [4.69, 9.17) is 25.8 Å². The van der Waals surface area contributed by atoms with Crippen molar-refractivity contribution in [2.45, 2.75) is 13.2 Å². The van der Waals surface area contributed by atoms with Crippen LogP contribution >= 0.6 is 27.5 Å². The van der Waals surface area contributed by atoms with Gasteiger partial charge in [0.2, 0.25) is 5.88 Å². The molecular formula is C22H22BrClN2O3. The summed E-state index contributed by atoms with van der Waals surface area (Å²) in [6, 6.07) is 17.0. The second-order valence-electron chi connectivity index (χ2n) is 6.13. The van der Waals surface area contributed by atoms with Crippen molar-refractivity contribution < 1.29 is 14.2 Å². The summed E-state index contributed by atoms with van der Waals surface area (Å²) in [7, 11) is 1.63. The summed E-state index contributed by atoms with van der Waals surface area (Å²) in [6.45, 7) is 2.10. The Hall–Kier alpha value is -2.28. The molecule has 0 aliphatic carbocycles. The van der Waals surface area contributed by atoms with Crippen molar-refractivity contribution in [2.24, 2.45) is 0 Å². The first-order valence-electron chi connectivity index (χ1n) is 9.15. The molecule has 152 valence electrons. The molecule has 7 heteroatoms. The molecule has 1 aromatic heterocycles. The summed E-state index contributed by atoms with van der Waals surface area (Å²) in [5, 5.41) is 4.04. The van der Waals surface area contributed by atoms with Crippen LogP contribution < -0.4 is 19.5 Å². The number of methoxy groups -OCH3 is 1. The number of ether oxygens (including phenoxy) is 3. The highest BCUT2D eigenvalue weighted by Gasteiger charge is 2.15. The van der Waals surface area contributed by atoms with Crippen molar-refractivity contribution in [3.63, 3.8) is 0 Å². The third-order valence-corrected chi connectivity index (χ3v) is 5.30. The second-order valence-corrected chi connectivity index (χ2v) is 7.39. The van der Waals surface area contributed by atoms with Gasteiger partial charge in [0.25, 0.3) is 0 Å². The first-order valence-corrected chi connectivity index (χ1v) is 10.3. The van der Waals surface area contributed by atoms with Crippen LogP contribution in [0.4, 0.5) is 0 Å². The van der Waals surface area contributed by atoms with Crippen LogP contribution in [0, 0.1) is 0 Å². The standard InChI is InChI=1S/C22H22BrClN2O3/c1-27-20-10-9-18(23)17(14-25-12-13-28-21-8-4-5-11-26-21)22(20)29-15-16-6-2-3-7-19(16)24/h2-11,25H,12-15H2,1H3. The number of rotatable bonds is 10. The first kappa shape index (κ1) is 21.4. The zero-order valence-electron chi connectivity index (χ0n) is 16.0. The van der Waals surface area contributed by atoms with Gasteiger partial charge in [0.15, 0.2) is 11.5 Å². The Labute approximate surface area is 184 Å². The molecule has 0 aliphatic heterocycles. The highest BCUT2D eigenvalue weighted by Crippen LogP contribution is 2.37. The number of hydrogen-bond acceptors (Lipinski definition) is 5. The van der Waals surface area contributed by atoms with Crippen LogP contribution in [0.5, 0.6) is 17.4 Å². The van der Waals surface area contributed by atoms with Crippen LogP contribution in [-0.4, -0.2) is 25.2 Å². The minimum Gasteiger partial charge on any atom is -0.493 e. The molecule has 0 unspecified atom stereocenters. The lowest BCUT2D eigenvalue weighted by Gasteiger charge is -2.17. The van der Waals surface area contributed by atoms with Gasteiger partial charge >= 0.3 is 0 Å². The fourth-order valence-corrected chi connectivity index (χ4v) is 3.35. The average Bonchev–Trinajstić information content (AvgIpc) is 2.75. The molecular weight excluding hydrogens is 456 g/mol. The predicted molar refractivity (Wildman–Crippen MR) is 118 cm³/mol. The molecule has 1 N–H and O–H groups in total. The van der Waals surface area contributed by atoms with Gasteiger partial charge in [-0.3, -0.25) is 0 Å². The fourth-order valence-electron chi connectivity index (χ4n) is 2.71. The van der Waals surface area contributed by atoms with E-state index in [-0.39, 0.29) is 0 Å². The van der Waals surface area contributed by atoms with Crippen LogP contribution in [0.1, 0.15) is 11.1 Å². The number of aromatic nitrogens is 1. The number of pyridine rings is 1. The number of benzene rings is 2. The van der Waals surface area contributed by atoms with Crippen molar-refractivity contribution in [1.29, 1.82) is 0 Å². The molecule has 0 amide bonds. The lowest BCUT2D eigenvalue weighted by molar-refractivity contribution is 0.278. The molecule has 5 nitrogen and oxygen atoms in total. The fraction of sp³-hybridized carbons (Fsp3) is 0.227. The Kier molecular flexibility index (Phi) is 8.16. The maximum Gasteiger partial charge on any atom is 0.213 e. The summed E-state index contributed by atoms with van der Waals surface area (Å²) < 4.78 is 18.2. The van der Waals surface area contributed by atoms with E-state index in [0.29, 0.717) is 48.7 Å². The van der Waals surface area contributed by atoms with Crippen molar-refractivity contribution in [3.05, 3.63) is 81.4 Å². The van der Waals surface area contributed by atoms with E-state index >= 15 is 0 Å². The predicted octanol–water partition coefficient (Wildman–Crippen LogP) is 5.25. The van der Waals surface area contributed by atoms with E-state index in [2.05, 4.69) is 26.2 Å². The van der Waals surface area contributed by atoms with Gasteiger partial charge in [-0.05, 0) is 24.3 Å². The van der Waals surface area contributed by atoms with Crippen molar-refractivity contribution in [3.8, 4) is 17.4 Å². The topological polar surface area (TPSA) is 52.6 Å². The minimum atomic E-state index is 0.349. The SMILES string of the molecule is COc1ccc(Br)c(CNCCOc2ccccn2)c1OCc1ccccc1Cl. The van der Waals surface area contributed by atoms with Gasteiger partial charge < -0.3 is 19.5 Å². The Morgan fingerprint density at radius 3 is 2.62 bits per heavy atom. The monoisotopic (exact) mass is 476 g/mol. The molecule has 0 radical (unpaired) electrons. The smallest absolute Gasteiger partial charge is 0.213 e. The highest BCUT2D eigenvalue weighted by atomic mass is 79.9. The van der Waals surface area contributed by atoms with Gasteiger partial charge in [-0.25, -0.2) is 4.98 Å². The van der Waals surface area contributed by atoms with Gasteiger partial charge in [-0.1, -0.05) is 51.8 Å². The molecule has 0 aliphatic rings. The van der Waals surface area contributed by atoms with E-state index in [0.717, 1.165) is 15.6 Å².